The van der Waals surface area contributed by atoms with Gasteiger partial charge in [0.05, 0.1) is 11.2 Å². The summed E-state index contributed by atoms with van der Waals surface area (Å²) in [6.07, 6.45) is -0.0574. The number of rotatable bonds is 5. The molecule has 0 spiro atoms. The van der Waals surface area contributed by atoms with Gasteiger partial charge in [0.15, 0.2) is 0 Å². The Hall–Kier alpha value is -1.07. The highest BCUT2D eigenvalue weighted by molar-refractivity contribution is 8.13. The highest BCUT2D eigenvalue weighted by atomic mass is 35.7. The number of carboxylic acid groups (broad SMARTS) is 1. The summed E-state index contributed by atoms with van der Waals surface area (Å²) < 4.78 is 21.8. The quantitative estimate of drug-likeness (QED) is 0.835. The van der Waals surface area contributed by atoms with E-state index in [9.17, 15) is 18.3 Å². The van der Waals surface area contributed by atoms with Crippen molar-refractivity contribution in [2.24, 2.45) is 0 Å². The average Bonchev–Trinajstić information content (AvgIpc) is 2.26. The third-order valence-corrected chi connectivity index (χ3v) is 3.88. The van der Waals surface area contributed by atoms with Gasteiger partial charge in [-0.2, -0.15) is 0 Å². The van der Waals surface area contributed by atoms with E-state index in [0.29, 0.717) is 5.56 Å². The minimum Gasteiger partial charge on any atom is -0.481 e. The molecule has 4 nitrogen and oxygen atoms in total. The van der Waals surface area contributed by atoms with E-state index in [2.05, 4.69) is 0 Å². The molecular weight excluding hydrogens is 264 g/mol. The predicted molar refractivity (Wildman–Crippen MR) is 65.7 cm³/mol. The topological polar surface area (TPSA) is 71.4 Å². The maximum atomic E-state index is 11.3. The van der Waals surface area contributed by atoms with Crippen LogP contribution in [0.15, 0.2) is 30.3 Å². The number of aliphatic carboxylic acids is 1. The van der Waals surface area contributed by atoms with Crippen molar-refractivity contribution < 1.29 is 18.3 Å². The van der Waals surface area contributed by atoms with Crippen molar-refractivity contribution in [2.75, 3.05) is 5.75 Å². The molecule has 0 aliphatic rings. The van der Waals surface area contributed by atoms with Crippen LogP contribution < -0.4 is 0 Å². The van der Waals surface area contributed by atoms with Gasteiger partial charge in [-0.1, -0.05) is 30.3 Å². The summed E-state index contributed by atoms with van der Waals surface area (Å²) in [5.74, 6) is -1.43. The van der Waals surface area contributed by atoms with Crippen LogP contribution in [0.3, 0.4) is 0 Å². The first-order valence-electron chi connectivity index (χ1n) is 4.97. The van der Waals surface area contributed by atoms with Crippen molar-refractivity contribution in [2.45, 2.75) is 18.8 Å². The molecule has 1 N–H and O–H groups in total. The smallest absolute Gasteiger partial charge is 0.313 e. The van der Waals surface area contributed by atoms with Crippen LogP contribution in [0.25, 0.3) is 0 Å². The fourth-order valence-corrected chi connectivity index (χ4v) is 2.39. The molecule has 94 valence electrons. The van der Waals surface area contributed by atoms with Crippen LogP contribution in [0, 0.1) is 0 Å². The van der Waals surface area contributed by atoms with Crippen molar-refractivity contribution in [3.05, 3.63) is 35.9 Å². The summed E-state index contributed by atoms with van der Waals surface area (Å²) in [6.45, 7) is 1.49. The van der Waals surface area contributed by atoms with Crippen molar-refractivity contribution in [3.63, 3.8) is 0 Å². The molecule has 1 aromatic carbocycles. The third-order valence-electron chi connectivity index (χ3n) is 2.73. The normalized spacial score (nSPS) is 15.2. The molecule has 1 atom stereocenters. The number of carboxylic acids is 1. The van der Waals surface area contributed by atoms with E-state index in [-0.39, 0.29) is 12.2 Å². The fraction of sp³-hybridized carbons (Fsp3) is 0.364. The first kappa shape index (κ1) is 14.0. The lowest BCUT2D eigenvalue weighted by Gasteiger charge is -2.24. The molecule has 0 saturated carbocycles. The number of hydrogen-bond donors (Lipinski definition) is 1. The van der Waals surface area contributed by atoms with Gasteiger partial charge in [0.25, 0.3) is 0 Å². The van der Waals surface area contributed by atoms with Crippen molar-refractivity contribution in [1.29, 1.82) is 0 Å². The zero-order valence-electron chi connectivity index (χ0n) is 9.26. The summed E-state index contributed by atoms with van der Waals surface area (Å²) in [6, 6.07) is 8.52. The molecule has 0 radical (unpaired) electrons. The van der Waals surface area contributed by atoms with Crippen LogP contribution in [-0.4, -0.2) is 25.2 Å². The Balaban J connectivity index is 3.03. The highest BCUT2D eigenvalue weighted by Gasteiger charge is 2.35. The first-order chi connectivity index (χ1) is 7.76. The molecule has 0 amide bonds. The Bertz CT molecular complexity index is 497. The molecule has 1 rings (SSSR count). The molecule has 0 bridgehead atoms. The van der Waals surface area contributed by atoms with E-state index in [1.54, 1.807) is 30.3 Å². The second-order valence-electron chi connectivity index (χ2n) is 4.00. The Labute approximate surface area is 105 Å². The van der Waals surface area contributed by atoms with Crippen LogP contribution in [0.5, 0.6) is 0 Å². The maximum absolute atomic E-state index is 11.3. The first-order valence-corrected chi connectivity index (χ1v) is 7.45. The standard InChI is InChI=1S/C11H13ClO4S/c1-11(10(13)14,7-8-17(12,15)16)9-5-3-2-4-6-9/h2-6H,7-8H2,1H3,(H,13,14). The Morgan fingerprint density at radius 1 is 1.35 bits per heavy atom. The zero-order valence-corrected chi connectivity index (χ0v) is 10.8. The molecule has 0 aliphatic heterocycles. The van der Waals surface area contributed by atoms with Crippen molar-refractivity contribution >= 4 is 25.7 Å². The van der Waals surface area contributed by atoms with Gasteiger partial charge in [0.2, 0.25) is 9.05 Å². The predicted octanol–water partition coefficient (Wildman–Crippen LogP) is 1.99. The Kier molecular flexibility index (Phi) is 4.16. The van der Waals surface area contributed by atoms with E-state index in [0.717, 1.165) is 0 Å². The summed E-state index contributed by atoms with van der Waals surface area (Å²) >= 11 is 0. The summed E-state index contributed by atoms with van der Waals surface area (Å²) in [7, 11) is 1.42. The lowest BCUT2D eigenvalue weighted by atomic mass is 9.80. The van der Waals surface area contributed by atoms with E-state index in [1.807, 2.05) is 0 Å². The monoisotopic (exact) mass is 276 g/mol. The highest BCUT2D eigenvalue weighted by Crippen LogP contribution is 2.28. The van der Waals surface area contributed by atoms with Gasteiger partial charge in [0, 0.05) is 10.7 Å². The molecule has 17 heavy (non-hydrogen) atoms. The SMILES string of the molecule is CC(CCS(=O)(=O)Cl)(C(=O)O)c1ccccc1. The second-order valence-corrected chi connectivity index (χ2v) is 6.89. The van der Waals surface area contributed by atoms with Crippen LogP contribution in [0.2, 0.25) is 0 Å². The van der Waals surface area contributed by atoms with E-state index in [4.69, 9.17) is 10.7 Å². The molecule has 0 saturated heterocycles. The lowest BCUT2D eigenvalue weighted by Crippen LogP contribution is -2.34. The zero-order chi connectivity index (χ0) is 13.1. The van der Waals surface area contributed by atoms with Gasteiger partial charge >= 0.3 is 5.97 Å². The van der Waals surface area contributed by atoms with E-state index >= 15 is 0 Å². The van der Waals surface area contributed by atoms with Gasteiger partial charge < -0.3 is 5.11 Å². The Morgan fingerprint density at radius 2 is 1.88 bits per heavy atom. The van der Waals surface area contributed by atoms with E-state index in [1.165, 1.54) is 6.92 Å². The summed E-state index contributed by atoms with van der Waals surface area (Å²) in [5.41, 5.74) is -0.684. The minimum absolute atomic E-state index is 0.0574. The van der Waals surface area contributed by atoms with Gasteiger partial charge in [-0.25, -0.2) is 8.42 Å². The maximum Gasteiger partial charge on any atom is 0.313 e. The summed E-state index contributed by atoms with van der Waals surface area (Å²) in [4.78, 5) is 11.3. The molecule has 1 unspecified atom stereocenters. The molecule has 0 fully saturated rings. The van der Waals surface area contributed by atoms with Crippen LogP contribution in [-0.2, 0) is 19.3 Å². The van der Waals surface area contributed by atoms with Crippen LogP contribution in [0.1, 0.15) is 18.9 Å². The molecule has 0 heterocycles. The largest absolute Gasteiger partial charge is 0.481 e. The Morgan fingerprint density at radius 3 is 2.29 bits per heavy atom. The van der Waals surface area contributed by atoms with Gasteiger partial charge in [-0.05, 0) is 18.9 Å². The van der Waals surface area contributed by atoms with Crippen molar-refractivity contribution in [3.8, 4) is 0 Å². The molecule has 0 aromatic heterocycles. The number of halogens is 1. The fourth-order valence-electron chi connectivity index (χ4n) is 1.51. The third kappa shape index (κ3) is 3.71. The van der Waals surface area contributed by atoms with Gasteiger partial charge in [-0.3, -0.25) is 4.79 Å². The molecule has 6 heteroatoms. The lowest BCUT2D eigenvalue weighted by molar-refractivity contribution is -0.143. The van der Waals surface area contributed by atoms with Gasteiger partial charge in [0.1, 0.15) is 0 Å². The van der Waals surface area contributed by atoms with Gasteiger partial charge in [-0.15, -0.1) is 0 Å². The number of hydrogen-bond acceptors (Lipinski definition) is 3. The van der Waals surface area contributed by atoms with Crippen molar-refractivity contribution in [1.82, 2.24) is 0 Å². The number of benzene rings is 1. The van der Waals surface area contributed by atoms with E-state index < -0.39 is 20.4 Å². The molecule has 0 aliphatic carbocycles. The molecule has 1 aromatic rings. The average molecular weight is 277 g/mol. The summed E-state index contributed by atoms with van der Waals surface area (Å²) in [5, 5.41) is 9.24. The second kappa shape index (κ2) is 5.06. The minimum atomic E-state index is -3.69. The van der Waals surface area contributed by atoms with Crippen LogP contribution >= 0.6 is 10.7 Å². The number of carbonyl (C=O) groups is 1. The van der Waals surface area contributed by atoms with Crippen LogP contribution in [0.4, 0.5) is 0 Å². The molecular formula is C11H13ClO4S.